The smallest absolute Gasteiger partial charge is 0.274 e. The second-order valence-corrected chi connectivity index (χ2v) is 6.62. The van der Waals surface area contributed by atoms with Gasteiger partial charge in [-0.15, -0.1) is 0 Å². The third-order valence-corrected chi connectivity index (χ3v) is 4.94. The fourth-order valence-electron chi connectivity index (χ4n) is 3.72. The Balaban J connectivity index is 1.61. The molecule has 25 heavy (non-hydrogen) atoms. The van der Waals surface area contributed by atoms with Gasteiger partial charge < -0.3 is 4.90 Å². The lowest BCUT2D eigenvalue weighted by molar-refractivity contribution is 0.0655. The lowest BCUT2D eigenvalue weighted by atomic mass is 9.87. The van der Waals surface area contributed by atoms with Crippen molar-refractivity contribution in [1.29, 1.82) is 0 Å². The van der Waals surface area contributed by atoms with Crippen LogP contribution in [-0.4, -0.2) is 38.0 Å². The molecule has 1 aliphatic rings. The lowest BCUT2D eigenvalue weighted by Gasteiger charge is -2.34. The third-order valence-electron chi connectivity index (χ3n) is 4.94. The van der Waals surface area contributed by atoms with Crippen LogP contribution in [0.4, 0.5) is 0 Å². The Hall–Kier alpha value is -2.69. The fourth-order valence-corrected chi connectivity index (χ4v) is 3.72. The minimum absolute atomic E-state index is 0.0109. The highest BCUT2D eigenvalue weighted by Gasteiger charge is 2.29. The van der Waals surface area contributed by atoms with E-state index in [1.165, 1.54) is 11.1 Å². The molecule has 0 aliphatic heterocycles. The normalized spacial score (nSPS) is 16.6. The van der Waals surface area contributed by atoms with E-state index in [-0.39, 0.29) is 11.9 Å². The summed E-state index contributed by atoms with van der Waals surface area (Å²) in [5.74, 6) is 0.0109. The molecule has 0 radical (unpaired) electrons. The molecule has 4 rings (SSSR count). The number of aryl methyl sites for hydroxylation is 1. The van der Waals surface area contributed by atoms with Crippen molar-refractivity contribution in [2.24, 2.45) is 0 Å². The Morgan fingerprint density at radius 2 is 2.12 bits per heavy atom. The van der Waals surface area contributed by atoms with Crippen LogP contribution in [0, 0.1) is 0 Å². The summed E-state index contributed by atoms with van der Waals surface area (Å²) >= 11 is 0. The van der Waals surface area contributed by atoms with Crippen LogP contribution in [0.5, 0.6) is 0 Å². The van der Waals surface area contributed by atoms with Gasteiger partial charge in [0, 0.05) is 31.0 Å². The van der Waals surface area contributed by atoms with Crippen LogP contribution in [0.15, 0.2) is 48.8 Å². The first-order valence-corrected chi connectivity index (χ1v) is 8.94. The van der Waals surface area contributed by atoms with Gasteiger partial charge in [0.25, 0.3) is 5.91 Å². The van der Waals surface area contributed by atoms with E-state index < -0.39 is 0 Å². The van der Waals surface area contributed by atoms with E-state index in [1.54, 1.807) is 16.8 Å². The molecule has 0 bridgehead atoms. The van der Waals surface area contributed by atoms with Gasteiger partial charge in [-0.2, -0.15) is 5.10 Å². The predicted molar refractivity (Wildman–Crippen MR) is 96.6 cm³/mol. The van der Waals surface area contributed by atoms with Gasteiger partial charge in [-0.05, 0) is 42.9 Å². The van der Waals surface area contributed by atoms with Crippen LogP contribution in [0.3, 0.4) is 0 Å². The van der Waals surface area contributed by atoms with Crippen molar-refractivity contribution >= 4 is 11.6 Å². The summed E-state index contributed by atoms with van der Waals surface area (Å²) in [7, 11) is 0. The summed E-state index contributed by atoms with van der Waals surface area (Å²) in [6, 6.07) is 12.4. The predicted octanol–water partition coefficient (Wildman–Crippen LogP) is 3.14. The van der Waals surface area contributed by atoms with E-state index in [9.17, 15) is 4.79 Å². The van der Waals surface area contributed by atoms with Crippen molar-refractivity contribution in [1.82, 2.24) is 19.5 Å². The second-order valence-electron chi connectivity index (χ2n) is 6.62. The lowest BCUT2D eigenvalue weighted by Crippen LogP contribution is -2.44. The molecular formula is C20H22N4O. The maximum atomic E-state index is 13.1. The molecule has 2 aromatic heterocycles. The molecule has 128 valence electrons. The molecule has 1 aliphatic carbocycles. The molecule has 5 nitrogen and oxygen atoms in total. The van der Waals surface area contributed by atoms with Gasteiger partial charge in [0.2, 0.25) is 0 Å². The number of nitrogens with zero attached hydrogens (tertiary/aromatic N) is 4. The van der Waals surface area contributed by atoms with Crippen LogP contribution >= 0.6 is 0 Å². The molecule has 0 saturated heterocycles. The number of fused-ring (bicyclic) bond motifs is 2. The summed E-state index contributed by atoms with van der Waals surface area (Å²) in [4.78, 5) is 19.4. The maximum absolute atomic E-state index is 13.1. The molecule has 0 fully saturated rings. The minimum Gasteiger partial charge on any atom is -0.334 e. The van der Waals surface area contributed by atoms with Gasteiger partial charge in [0.1, 0.15) is 0 Å². The topological polar surface area (TPSA) is 50.5 Å². The van der Waals surface area contributed by atoms with Crippen LogP contribution in [-0.2, 0) is 12.8 Å². The summed E-state index contributed by atoms with van der Waals surface area (Å²) < 4.78 is 1.66. The van der Waals surface area contributed by atoms with Gasteiger partial charge in [-0.3, -0.25) is 4.79 Å². The average molecular weight is 334 g/mol. The fraction of sp³-hybridized carbons (Fsp3) is 0.350. The Bertz CT molecular complexity index is 868. The van der Waals surface area contributed by atoms with E-state index in [4.69, 9.17) is 0 Å². The Labute approximate surface area is 147 Å². The molecule has 5 heteroatoms. The zero-order chi connectivity index (χ0) is 17.2. The molecule has 0 saturated carbocycles. The summed E-state index contributed by atoms with van der Waals surface area (Å²) in [6.07, 6.45) is 7.44. The Morgan fingerprint density at radius 3 is 2.92 bits per heavy atom. The van der Waals surface area contributed by atoms with E-state index in [0.29, 0.717) is 11.3 Å². The average Bonchev–Trinajstić information content (AvgIpc) is 3.09. The van der Waals surface area contributed by atoms with Crippen LogP contribution < -0.4 is 0 Å². The summed E-state index contributed by atoms with van der Waals surface area (Å²) in [5.41, 5.74) is 3.96. The van der Waals surface area contributed by atoms with Crippen molar-refractivity contribution < 1.29 is 4.79 Å². The van der Waals surface area contributed by atoms with Gasteiger partial charge in [-0.25, -0.2) is 9.50 Å². The third kappa shape index (κ3) is 3.02. The van der Waals surface area contributed by atoms with Crippen LogP contribution in [0.1, 0.15) is 41.4 Å². The highest BCUT2D eigenvalue weighted by atomic mass is 16.2. The zero-order valence-corrected chi connectivity index (χ0v) is 14.4. The molecular weight excluding hydrogens is 312 g/mol. The van der Waals surface area contributed by atoms with Crippen LogP contribution in [0.2, 0.25) is 0 Å². The highest BCUT2D eigenvalue weighted by molar-refractivity contribution is 5.93. The van der Waals surface area contributed by atoms with Crippen molar-refractivity contribution in [3.05, 3.63) is 65.6 Å². The van der Waals surface area contributed by atoms with Crippen LogP contribution in [0.25, 0.3) is 5.65 Å². The minimum atomic E-state index is 0.0109. The first-order chi connectivity index (χ1) is 12.3. The summed E-state index contributed by atoms with van der Waals surface area (Å²) in [6.45, 7) is 2.87. The monoisotopic (exact) mass is 334 g/mol. The van der Waals surface area contributed by atoms with Crippen molar-refractivity contribution in [3.63, 3.8) is 0 Å². The van der Waals surface area contributed by atoms with Gasteiger partial charge in [0.05, 0.1) is 0 Å². The molecule has 1 unspecified atom stereocenters. The van der Waals surface area contributed by atoms with Gasteiger partial charge >= 0.3 is 0 Å². The van der Waals surface area contributed by atoms with Gasteiger partial charge in [-0.1, -0.05) is 31.2 Å². The number of carbonyl (C=O) groups excluding carboxylic acids is 1. The van der Waals surface area contributed by atoms with Crippen molar-refractivity contribution in [2.75, 3.05) is 6.54 Å². The van der Waals surface area contributed by atoms with E-state index in [2.05, 4.69) is 41.3 Å². The molecule has 2 heterocycles. The standard InChI is InChI=1S/C20H22N4O/c1-2-11-23(17-9-8-15-6-3-4-7-16(15)13-17)20(25)18-14-19-21-10-5-12-24(19)22-18/h3-7,10,12,14,17H,2,8-9,11,13H2,1H3. The Kier molecular flexibility index (Phi) is 4.22. The number of carbonyl (C=O) groups is 1. The molecule has 1 amide bonds. The van der Waals surface area contributed by atoms with E-state index in [0.717, 1.165) is 32.2 Å². The maximum Gasteiger partial charge on any atom is 0.274 e. The Morgan fingerprint density at radius 1 is 1.28 bits per heavy atom. The van der Waals surface area contributed by atoms with Gasteiger partial charge in [0.15, 0.2) is 11.3 Å². The quantitative estimate of drug-likeness (QED) is 0.736. The number of benzene rings is 1. The SMILES string of the molecule is CCCN(C(=O)c1cc2ncccn2n1)C1CCc2ccccc2C1. The van der Waals surface area contributed by atoms with Crippen molar-refractivity contribution in [3.8, 4) is 0 Å². The first kappa shape index (κ1) is 15.8. The highest BCUT2D eigenvalue weighted by Crippen LogP contribution is 2.25. The number of aromatic nitrogens is 3. The van der Waals surface area contributed by atoms with E-state index in [1.807, 2.05) is 17.2 Å². The zero-order valence-electron chi connectivity index (χ0n) is 14.4. The molecule has 1 aromatic carbocycles. The molecule has 0 spiro atoms. The molecule has 3 aromatic rings. The first-order valence-electron chi connectivity index (χ1n) is 8.94. The number of amides is 1. The largest absolute Gasteiger partial charge is 0.334 e. The number of hydrogen-bond donors (Lipinski definition) is 0. The molecule has 0 N–H and O–H groups in total. The number of hydrogen-bond acceptors (Lipinski definition) is 3. The molecule has 1 atom stereocenters. The van der Waals surface area contributed by atoms with E-state index >= 15 is 0 Å². The number of rotatable bonds is 4. The summed E-state index contributed by atoms with van der Waals surface area (Å²) in [5, 5.41) is 4.42. The van der Waals surface area contributed by atoms with Crippen molar-refractivity contribution in [2.45, 2.75) is 38.6 Å². The second kappa shape index (κ2) is 6.67.